The van der Waals surface area contributed by atoms with Crippen LogP contribution in [0.25, 0.3) is 0 Å². The fourth-order valence-corrected chi connectivity index (χ4v) is 6.55. The van der Waals surface area contributed by atoms with Gasteiger partial charge in [-0.15, -0.1) is 0 Å². The van der Waals surface area contributed by atoms with Gasteiger partial charge in [-0.3, -0.25) is 13.9 Å². The van der Waals surface area contributed by atoms with Crippen molar-refractivity contribution in [3.8, 4) is 0 Å². The molecular formula is C31H36FN3O4S. The van der Waals surface area contributed by atoms with E-state index in [-0.39, 0.29) is 29.1 Å². The number of sulfonamides is 1. The van der Waals surface area contributed by atoms with E-state index in [1.54, 1.807) is 18.2 Å². The Morgan fingerprint density at radius 2 is 1.57 bits per heavy atom. The van der Waals surface area contributed by atoms with Crippen LogP contribution in [0.1, 0.15) is 50.2 Å². The zero-order chi connectivity index (χ0) is 28.7. The third kappa shape index (κ3) is 6.88. The monoisotopic (exact) mass is 565 g/mol. The average Bonchev–Trinajstić information content (AvgIpc) is 3.46. The van der Waals surface area contributed by atoms with Gasteiger partial charge in [-0.2, -0.15) is 0 Å². The first-order chi connectivity index (χ1) is 19.2. The number of carbonyl (C=O) groups excluding carboxylic acids is 2. The summed E-state index contributed by atoms with van der Waals surface area (Å²) in [7, 11) is -4.19. The van der Waals surface area contributed by atoms with Crippen molar-refractivity contribution in [3.63, 3.8) is 0 Å². The van der Waals surface area contributed by atoms with E-state index in [9.17, 15) is 22.4 Å². The van der Waals surface area contributed by atoms with Gasteiger partial charge in [0.15, 0.2) is 0 Å². The molecule has 212 valence electrons. The van der Waals surface area contributed by atoms with Crippen LogP contribution < -0.4 is 9.62 Å². The molecule has 0 bridgehead atoms. The third-order valence-corrected chi connectivity index (χ3v) is 9.20. The summed E-state index contributed by atoms with van der Waals surface area (Å²) in [5.74, 6) is -1.29. The molecule has 0 aromatic heterocycles. The maximum absolute atomic E-state index is 14.1. The molecular weight excluding hydrogens is 529 g/mol. The summed E-state index contributed by atoms with van der Waals surface area (Å²) < 4.78 is 42.3. The van der Waals surface area contributed by atoms with Gasteiger partial charge in [0.2, 0.25) is 11.8 Å². The number of anilines is 1. The van der Waals surface area contributed by atoms with E-state index in [0.29, 0.717) is 6.42 Å². The molecule has 1 atom stereocenters. The van der Waals surface area contributed by atoms with Crippen molar-refractivity contribution in [1.82, 2.24) is 10.2 Å². The van der Waals surface area contributed by atoms with Crippen LogP contribution in [0.15, 0.2) is 83.8 Å². The highest BCUT2D eigenvalue weighted by molar-refractivity contribution is 7.92. The third-order valence-electron chi connectivity index (χ3n) is 7.41. The van der Waals surface area contributed by atoms with Crippen LogP contribution in [-0.2, 0) is 26.2 Å². The largest absolute Gasteiger partial charge is 0.352 e. The summed E-state index contributed by atoms with van der Waals surface area (Å²) in [5, 5.41) is 3.11. The molecule has 40 heavy (non-hydrogen) atoms. The fraction of sp³-hybridized carbons (Fsp3) is 0.355. The van der Waals surface area contributed by atoms with Gasteiger partial charge in [0.05, 0.1) is 10.6 Å². The number of halogens is 1. The summed E-state index contributed by atoms with van der Waals surface area (Å²) in [6.45, 7) is 3.37. The number of benzene rings is 3. The first kappa shape index (κ1) is 29.3. The summed E-state index contributed by atoms with van der Waals surface area (Å²) >= 11 is 0. The lowest BCUT2D eigenvalue weighted by Gasteiger charge is -2.34. The highest BCUT2D eigenvalue weighted by Gasteiger charge is 2.34. The first-order valence-electron chi connectivity index (χ1n) is 13.7. The van der Waals surface area contributed by atoms with Crippen LogP contribution in [0.4, 0.5) is 10.1 Å². The van der Waals surface area contributed by atoms with E-state index in [4.69, 9.17) is 0 Å². The predicted octanol–water partition coefficient (Wildman–Crippen LogP) is 5.20. The standard InChI is InChI=1S/C31H36FN3O4S/c1-3-29(31(37)33-26-13-9-10-14-26)34(21-24-12-8-7-11-23(24)2)30(36)22-35(27-19-17-25(32)18-20-27)40(38,39)28-15-5-4-6-16-28/h4-8,11-12,15-20,26,29H,3,9-10,13-14,21-22H2,1-2H3,(H,33,37). The van der Waals surface area contributed by atoms with E-state index < -0.39 is 34.3 Å². The molecule has 0 radical (unpaired) electrons. The van der Waals surface area contributed by atoms with Gasteiger partial charge in [-0.25, -0.2) is 12.8 Å². The van der Waals surface area contributed by atoms with Crippen molar-refractivity contribution >= 4 is 27.5 Å². The summed E-state index contributed by atoms with van der Waals surface area (Å²) in [4.78, 5) is 29.1. The second kappa shape index (κ2) is 13.1. The van der Waals surface area contributed by atoms with Gasteiger partial charge < -0.3 is 10.2 Å². The van der Waals surface area contributed by atoms with E-state index in [1.165, 1.54) is 29.2 Å². The number of aryl methyl sites for hydroxylation is 1. The molecule has 3 aromatic rings. The number of nitrogens with zero attached hydrogens (tertiary/aromatic N) is 2. The number of amides is 2. The Morgan fingerprint density at radius 3 is 2.20 bits per heavy atom. The summed E-state index contributed by atoms with van der Waals surface area (Å²) in [6, 6.07) is 19.7. The Morgan fingerprint density at radius 1 is 0.950 bits per heavy atom. The van der Waals surface area contributed by atoms with E-state index in [0.717, 1.165) is 53.2 Å². The van der Waals surface area contributed by atoms with Gasteiger partial charge in [-0.1, -0.05) is 62.2 Å². The maximum atomic E-state index is 14.1. The highest BCUT2D eigenvalue weighted by Crippen LogP contribution is 2.26. The fourth-order valence-electron chi connectivity index (χ4n) is 5.11. The molecule has 1 aliphatic carbocycles. The second-order valence-electron chi connectivity index (χ2n) is 10.2. The minimum atomic E-state index is -4.19. The maximum Gasteiger partial charge on any atom is 0.264 e. The zero-order valence-electron chi connectivity index (χ0n) is 22.9. The predicted molar refractivity (Wildman–Crippen MR) is 154 cm³/mol. The lowest BCUT2D eigenvalue weighted by molar-refractivity contribution is -0.140. The molecule has 0 heterocycles. The summed E-state index contributed by atoms with van der Waals surface area (Å²) in [6.07, 6.45) is 4.27. The van der Waals surface area contributed by atoms with Crippen LogP contribution in [0.2, 0.25) is 0 Å². The van der Waals surface area contributed by atoms with Crippen LogP contribution in [-0.4, -0.2) is 43.8 Å². The van der Waals surface area contributed by atoms with Crippen molar-refractivity contribution in [2.75, 3.05) is 10.8 Å². The van der Waals surface area contributed by atoms with Gasteiger partial charge in [0, 0.05) is 12.6 Å². The number of nitrogens with one attached hydrogen (secondary N) is 1. The summed E-state index contributed by atoms with van der Waals surface area (Å²) in [5.41, 5.74) is 1.97. The molecule has 1 N–H and O–H groups in total. The van der Waals surface area contributed by atoms with Crippen molar-refractivity contribution in [1.29, 1.82) is 0 Å². The quantitative estimate of drug-likeness (QED) is 0.347. The number of hydrogen-bond acceptors (Lipinski definition) is 4. The zero-order valence-corrected chi connectivity index (χ0v) is 23.7. The molecule has 2 amide bonds. The van der Waals surface area contributed by atoms with Crippen LogP contribution in [0.3, 0.4) is 0 Å². The van der Waals surface area contributed by atoms with Crippen molar-refractivity contribution in [3.05, 3.63) is 95.8 Å². The normalized spacial score (nSPS) is 14.5. The molecule has 9 heteroatoms. The van der Waals surface area contributed by atoms with Crippen molar-refractivity contribution in [2.24, 2.45) is 0 Å². The Labute approximate surface area is 236 Å². The number of carbonyl (C=O) groups is 2. The number of rotatable bonds is 11. The molecule has 0 aliphatic heterocycles. The van der Waals surface area contributed by atoms with E-state index in [2.05, 4.69) is 5.32 Å². The molecule has 1 aliphatic rings. The van der Waals surface area contributed by atoms with Gasteiger partial charge >= 0.3 is 0 Å². The van der Waals surface area contributed by atoms with Crippen molar-refractivity contribution in [2.45, 2.75) is 69.5 Å². The molecule has 4 rings (SSSR count). The Bertz CT molecular complexity index is 1410. The molecule has 1 fully saturated rings. The van der Waals surface area contributed by atoms with Gasteiger partial charge in [0.1, 0.15) is 18.4 Å². The average molecular weight is 566 g/mol. The van der Waals surface area contributed by atoms with Gasteiger partial charge in [-0.05, 0) is 73.7 Å². The number of hydrogen-bond donors (Lipinski definition) is 1. The highest BCUT2D eigenvalue weighted by atomic mass is 32.2. The topological polar surface area (TPSA) is 86.8 Å². The van der Waals surface area contributed by atoms with Crippen molar-refractivity contribution < 1.29 is 22.4 Å². The minimum absolute atomic E-state index is 0.00333. The molecule has 1 unspecified atom stereocenters. The van der Waals surface area contributed by atoms with Crippen LogP contribution in [0.5, 0.6) is 0 Å². The van der Waals surface area contributed by atoms with Crippen LogP contribution in [0, 0.1) is 12.7 Å². The lowest BCUT2D eigenvalue weighted by atomic mass is 10.1. The Balaban J connectivity index is 1.71. The lowest BCUT2D eigenvalue weighted by Crippen LogP contribution is -2.53. The van der Waals surface area contributed by atoms with E-state index in [1.807, 2.05) is 38.1 Å². The molecule has 0 spiro atoms. The molecule has 7 nitrogen and oxygen atoms in total. The molecule has 0 saturated heterocycles. The first-order valence-corrected chi connectivity index (χ1v) is 15.1. The molecule has 1 saturated carbocycles. The Kier molecular flexibility index (Phi) is 9.58. The molecule has 3 aromatic carbocycles. The minimum Gasteiger partial charge on any atom is -0.352 e. The second-order valence-corrected chi connectivity index (χ2v) is 12.0. The van der Waals surface area contributed by atoms with Crippen LogP contribution >= 0.6 is 0 Å². The smallest absolute Gasteiger partial charge is 0.264 e. The SMILES string of the molecule is CCC(C(=O)NC1CCCC1)N(Cc1ccccc1C)C(=O)CN(c1ccc(F)cc1)S(=O)(=O)c1ccccc1. The Hall–Kier alpha value is -3.72. The van der Waals surface area contributed by atoms with E-state index >= 15 is 0 Å². The van der Waals surface area contributed by atoms with Gasteiger partial charge in [0.25, 0.3) is 10.0 Å².